The van der Waals surface area contributed by atoms with Gasteiger partial charge in [-0.25, -0.2) is 0 Å². The molecule has 6 atom stereocenters. The third-order valence-corrected chi connectivity index (χ3v) is 9.44. The monoisotopic (exact) mass is 300 g/mol. The van der Waals surface area contributed by atoms with Crippen molar-refractivity contribution in [2.45, 2.75) is 82.5 Å². The van der Waals surface area contributed by atoms with Gasteiger partial charge in [0.25, 0.3) is 0 Å². The predicted octanol–water partition coefficient (Wildman–Crippen LogP) is 3.83. The number of ether oxygens (including phenoxy) is 1. The van der Waals surface area contributed by atoms with E-state index in [1.165, 1.54) is 38.5 Å². The molecule has 1 saturated heterocycles. The van der Waals surface area contributed by atoms with Crippen molar-refractivity contribution >= 4 is 0 Å². The number of fused-ring (bicyclic) bond motifs is 4. The molecule has 1 aliphatic heterocycles. The van der Waals surface area contributed by atoms with Gasteiger partial charge in [-0.15, -0.1) is 0 Å². The number of rotatable bonds is 0. The summed E-state index contributed by atoms with van der Waals surface area (Å²) in [6, 6.07) is 0. The summed E-state index contributed by atoms with van der Waals surface area (Å²) in [6.45, 7) is 2.42. The summed E-state index contributed by atoms with van der Waals surface area (Å²) < 4.78 is 5.86. The highest BCUT2D eigenvalue weighted by atomic mass is 16.6. The van der Waals surface area contributed by atoms with Crippen LogP contribution in [-0.4, -0.2) is 22.9 Å². The fourth-order valence-corrected chi connectivity index (χ4v) is 8.05. The van der Waals surface area contributed by atoms with Crippen molar-refractivity contribution in [2.75, 3.05) is 0 Å². The SMILES string of the molecule is C[C@]12CC=C3[C@@H](CCC4CC5OC5C[C@@H]34)C13CCC2(O)CC3. The number of allylic oxidation sites excluding steroid dienone is 2. The molecule has 2 bridgehead atoms. The summed E-state index contributed by atoms with van der Waals surface area (Å²) in [6.07, 6.45) is 15.0. The number of aliphatic hydroxyl groups is 1. The maximum atomic E-state index is 11.2. The molecule has 0 spiro atoms. The molecular weight excluding hydrogens is 272 g/mol. The van der Waals surface area contributed by atoms with E-state index < -0.39 is 0 Å². The Morgan fingerprint density at radius 1 is 1.09 bits per heavy atom. The molecule has 6 aliphatic rings. The van der Waals surface area contributed by atoms with Crippen molar-refractivity contribution in [3.05, 3.63) is 11.6 Å². The van der Waals surface area contributed by atoms with Crippen LogP contribution in [0.3, 0.4) is 0 Å². The van der Waals surface area contributed by atoms with Crippen LogP contribution in [0.25, 0.3) is 0 Å². The summed E-state index contributed by atoms with van der Waals surface area (Å²) in [5.74, 6) is 2.49. The molecule has 0 aromatic heterocycles. The Bertz CT molecular complexity index is 570. The Kier molecular flexibility index (Phi) is 2.17. The van der Waals surface area contributed by atoms with Gasteiger partial charge in [-0.1, -0.05) is 18.6 Å². The standard InChI is InChI=1S/C20H28O2/c1-18-5-4-13-14-11-17-16(22-17)10-12(14)2-3-15(13)19(18)6-8-20(18,21)9-7-19/h4,12,14-17,21H,2-3,5-11H2,1H3/t12?,14-,15-,16?,17?,18+,19?,20?/m1/s1. The highest BCUT2D eigenvalue weighted by molar-refractivity contribution is 5.34. The highest BCUT2D eigenvalue weighted by Gasteiger charge is 2.72. The molecule has 2 nitrogen and oxygen atoms in total. The number of epoxide rings is 1. The molecule has 0 radical (unpaired) electrons. The van der Waals surface area contributed by atoms with Gasteiger partial charge in [-0.3, -0.25) is 0 Å². The first-order valence-electron chi connectivity index (χ1n) is 9.64. The molecule has 4 saturated carbocycles. The first kappa shape index (κ1) is 13.0. The summed E-state index contributed by atoms with van der Waals surface area (Å²) in [5, 5.41) is 11.2. The topological polar surface area (TPSA) is 32.8 Å². The molecule has 2 heteroatoms. The maximum absolute atomic E-state index is 11.2. The molecule has 0 aromatic rings. The zero-order chi connectivity index (χ0) is 14.7. The van der Waals surface area contributed by atoms with Crippen LogP contribution in [0.15, 0.2) is 11.6 Å². The zero-order valence-electron chi connectivity index (χ0n) is 13.7. The fraction of sp³-hybridized carbons (Fsp3) is 0.900. The Hall–Kier alpha value is -0.340. The van der Waals surface area contributed by atoms with Crippen LogP contribution in [0.5, 0.6) is 0 Å². The van der Waals surface area contributed by atoms with Crippen LogP contribution in [-0.2, 0) is 4.74 Å². The third kappa shape index (κ3) is 1.23. The van der Waals surface area contributed by atoms with Crippen molar-refractivity contribution < 1.29 is 9.84 Å². The second-order valence-electron chi connectivity index (χ2n) is 9.61. The lowest BCUT2D eigenvalue weighted by Gasteiger charge is -2.56. The Balaban J connectivity index is 1.44. The highest BCUT2D eigenvalue weighted by Crippen LogP contribution is 2.76. The van der Waals surface area contributed by atoms with Crippen molar-refractivity contribution in [1.82, 2.24) is 0 Å². The average molecular weight is 300 g/mol. The van der Waals surface area contributed by atoms with E-state index in [0.717, 1.165) is 37.0 Å². The van der Waals surface area contributed by atoms with Gasteiger partial charge >= 0.3 is 0 Å². The molecule has 22 heavy (non-hydrogen) atoms. The average Bonchev–Trinajstić information content (AvgIpc) is 3.19. The number of hydrogen-bond donors (Lipinski definition) is 1. The minimum atomic E-state index is -0.358. The first-order chi connectivity index (χ1) is 10.6. The molecule has 6 rings (SSSR count). The smallest absolute Gasteiger partial charge is 0.0847 e. The second kappa shape index (κ2) is 3.67. The molecule has 1 heterocycles. The third-order valence-electron chi connectivity index (χ3n) is 9.44. The van der Waals surface area contributed by atoms with Crippen LogP contribution in [0.4, 0.5) is 0 Å². The summed E-state index contributed by atoms with van der Waals surface area (Å²) in [4.78, 5) is 0. The van der Waals surface area contributed by atoms with Gasteiger partial charge in [0.2, 0.25) is 0 Å². The summed E-state index contributed by atoms with van der Waals surface area (Å²) in [5.41, 5.74) is 2.05. The van der Waals surface area contributed by atoms with Crippen molar-refractivity contribution in [3.63, 3.8) is 0 Å². The largest absolute Gasteiger partial charge is 0.389 e. The summed E-state index contributed by atoms with van der Waals surface area (Å²) >= 11 is 0. The fourth-order valence-electron chi connectivity index (χ4n) is 8.05. The van der Waals surface area contributed by atoms with Crippen LogP contribution in [0.1, 0.15) is 64.7 Å². The van der Waals surface area contributed by atoms with Crippen molar-refractivity contribution in [3.8, 4) is 0 Å². The van der Waals surface area contributed by atoms with Gasteiger partial charge in [0.15, 0.2) is 0 Å². The van der Waals surface area contributed by atoms with Gasteiger partial charge in [0, 0.05) is 5.41 Å². The van der Waals surface area contributed by atoms with E-state index in [2.05, 4.69) is 13.0 Å². The molecular formula is C20H28O2. The lowest BCUT2D eigenvalue weighted by Crippen LogP contribution is -2.51. The van der Waals surface area contributed by atoms with Crippen LogP contribution < -0.4 is 0 Å². The summed E-state index contributed by atoms with van der Waals surface area (Å²) in [7, 11) is 0. The van der Waals surface area contributed by atoms with E-state index in [1.807, 2.05) is 5.57 Å². The van der Waals surface area contributed by atoms with Crippen molar-refractivity contribution in [2.24, 2.45) is 28.6 Å². The quantitative estimate of drug-likeness (QED) is 0.545. The Morgan fingerprint density at radius 3 is 2.68 bits per heavy atom. The minimum absolute atomic E-state index is 0.161. The van der Waals surface area contributed by atoms with E-state index in [0.29, 0.717) is 17.6 Å². The van der Waals surface area contributed by atoms with Crippen LogP contribution >= 0.6 is 0 Å². The first-order valence-corrected chi connectivity index (χ1v) is 9.64. The Morgan fingerprint density at radius 2 is 1.86 bits per heavy atom. The second-order valence-corrected chi connectivity index (χ2v) is 9.61. The lowest BCUT2D eigenvalue weighted by atomic mass is 9.48. The van der Waals surface area contributed by atoms with E-state index in [-0.39, 0.29) is 11.0 Å². The van der Waals surface area contributed by atoms with Gasteiger partial charge < -0.3 is 9.84 Å². The van der Waals surface area contributed by atoms with Gasteiger partial charge in [0.1, 0.15) is 0 Å². The normalized spacial score (nSPS) is 64.3. The van der Waals surface area contributed by atoms with Crippen LogP contribution in [0, 0.1) is 28.6 Å². The lowest BCUT2D eigenvalue weighted by molar-refractivity contribution is -0.0738. The molecule has 0 aromatic carbocycles. The van der Waals surface area contributed by atoms with Gasteiger partial charge in [-0.05, 0) is 81.0 Å². The Labute approximate surface area is 133 Å². The minimum Gasteiger partial charge on any atom is -0.389 e. The molecule has 5 fully saturated rings. The molecule has 3 unspecified atom stereocenters. The zero-order valence-corrected chi connectivity index (χ0v) is 13.7. The molecule has 120 valence electrons. The number of hydrogen-bond acceptors (Lipinski definition) is 2. The maximum Gasteiger partial charge on any atom is 0.0847 e. The van der Waals surface area contributed by atoms with E-state index >= 15 is 0 Å². The predicted molar refractivity (Wildman–Crippen MR) is 84.3 cm³/mol. The molecule has 5 aliphatic carbocycles. The molecule has 0 amide bonds. The van der Waals surface area contributed by atoms with E-state index in [4.69, 9.17) is 4.74 Å². The van der Waals surface area contributed by atoms with Gasteiger partial charge in [-0.2, -0.15) is 0 Å². The molecule has 1 N–H and O–H groups in total. The van der Waals surface area contributed by atoms with E-state index in [1.54, 1.807) is 0 Å². The van der Waals surface area contributed by atoms with Gasteiger partial charge in [0.05, 0.1) is 17.8 Å². The van der Waals surface area contributed by atoms with Crippen LogP contribution in [0.2, 0.25) is 0 Å². The van der Waals surface area contributed by atoms with E-state index in [9.17, 15) is 5.11 Å². The van der Waals surface area contributed by atoms with Crippen molar-refractivity contribution in [1.29, 1.82) is 0 Å².